The van der Waals surface area contributed by atoms with Crippen molar-refractivity contribution in [2.45, 2.75) is 45.2 Å². The largest absolute Gasteiger partial charge is 0.476 e. The highest BCUT2D eigenvalue weighted by Gasteiger charge is 2.24. The maximum Gasteiger partial charge on any atom is 0.355 e. The first-order valence-corrected chi connectivity index (χ1v) is 10.2. The van der Waals surface area contributed by atoms with Gasteiger partial charge in [0.25, 0.3) is 0 Å². The van der Waals surface area contributed by atoms with E-state index in [9.17, 15) is 18.0 Å². The van der Waals surface area contributed by atoms with E-state index in [2.05, 4.69) is 21.9 Å². The summed E-state index contributed by atoms with van der Waals surface area (Å²) in [5.74, 6) is -1.81. The van der Waals surface area contributed by atoms with Gasteiger partial charge in [0.1, 0.15) is 10.8 Å². The molecule has 1 amide bonds. The number of thiazole rings is 1. The third-order valence-corrected chi connectivity index (χ3v) is 6.07. The zero-order valence-corrected chi connectivity index (χ0v) is 15.0. The topological polar surface area (TPSA) is 125 Å². The van der Waals surface area contributed by atoms with Crippen LogP contribution >= 0.6 is 11.3 Å². The minimum absolute atomic E-state index is 0.00719. The number of carboxylic acids is 1. The molecule has 10 heteroatoms. The highest BCUT2D eigenvalue weighted by Crippen LogP contribution is 2.23. The molecule has 0 unspecified atom stereocenters. The fraction of sp³-hybridized carbons (Fsp3) is 0.643. The summed E-state index contributed by atoms with van der Waals surface area (Å²) < 4.78 is 26.7. The molecule has 2 rings (SSSR count). The predicted octanol–water partition coefficient (Wildman–Crippen LogP) is 0.956. The van der Waals surface area contributed by atoms with E-state index >= 15 is 0 Å². The number of nitrogens with one attached hydrogen (secondary N) is 2. The van der Waals surface area contributed by atoms with E-state index in [0.717, 1.165) is 37.0 Å². The molecular weight excluding hydrogens is 354 g/mol. The standard InChI is InChI=1S/C14H21N3O5S2/c1-9-2-4-10(5-3-9)17-24(21,22)8-12(18)15-6-13-16-11(7-23-13)14(19)20/h7,9-10,17H,2-6,8H2,1H3,(H,15,18)(H,19,20). The number of carboxylic acid groups (broad SMARTS) is 1. The molecule has 0 aromatic carbocycles. The lowest BCUT2D eigenvalue weighted by atomic mass is 9.88. The first-order valence-electron chi connectivity index (χ1n) is 7.69. The van der Waals surface area contributed by atoms with Crippen LogP contribution in [-0.2, 0) is 21.4 Å². The number of amides is 1. The van der Waals surface area contributed by atoms with Crippen LogP contribution < -0.4 is 10.0 Å². The molecule has 0 aliphatic heterocycles. The minimum atomic E-state index is -3.68. The number of sulfonamides is 1. The second-order valence-electron chi connectivity index (χ2n) is 6.04. The monoisotopic (exact) mass is 375 g/mol. The van der Waals surface area contributed by atoms with E-state index < -0.39 is 27.7 Å². The molecule has 1 aromatic heterocycles. The molecule has 1 saturated carbocycles. The Morgan fingerprint density at radius 2 is 2.00 bits per heavy atom. The van der Waals surface area contributed by atoms with Crippen molar-refractivity contribution in [2.75, 3.05) is 5.75 Å². The van der Waals surface area contributed by atoms with Gasteiger partial charge in [-0.1, -0.05) is 6.92 Å². The quantitative estimate of drug-likeness (QED) is 0.652. The van der Waals surface area contributed by atoms with Crippen LogP contribution in [0.3, 0.4) is 0 Å². The summed E-state index contributed by atoms with van der Waals surface area (Å²) in [5, 5.41) is 13.0. The Bertz CT molecular complexity index is 693. The highest BCUT2D eigenvalue weighted by molar-refractivity contribution is 7.90. The highest BCUT2D eigenvalue weighted by atomic mass is 32.2. The molecular formula is C14H21N3O5S2. The van der Waals surface area contributed by atoms with Gasteiger partial charge in [-0.2, -0.15) is 0 Å². The number of nitrogens with zero attached hydrogens (tertiary/aromatic N) is 1. The molecule has 0 saturated heterocycles. The average Bonchev–Trinajstić information content (AvgIpc) is 2.96. The Balaban J connectivity index is 1.78. The molecule has 1 aliphatic rings. The average molecular weight is 375 g/mol. The molecule has 0 spiro atoms. The van der Waals surface area contributed by atoms with Crippen molar-refractivity contribution < 1.29 is 23.1 Å². The van der Waals surface area contributed by atoms with E-state index in [1.165, 1.54) is 5.38 Å². The van der Waals surface area contributed by atoms with Crippen LogP contribution in [0.1, 0.15) is 48.1 Å². The Morgan fingerprint density at radius 1 is 1.33 bits per heavy atom. The van der Waals surface area contributed by atoms with Gasteiger partial charge in [-0.3, -0.25) is 4.79 Å². The van der Waals surface area contributed by atoms with Crippen LogP contribution in [0, 0.1) is 5.92 Å². The van der Waals surface area contributed by atoms with Gasteiger partial charge in [-0.25, -0.2) is 22.9 Å². The van der Waals surface area contributed by atoms with E-state index in [-0.39, 0.29) is 18.3 Å². The van der Waals surface area contributed by atoms with Crippen molar-refractivity contribution in [3.05, 3.63) is 16.1 Å². The van der Waals surface area contributed by atoms with E-state index in [1.54, 1.807) is 0 Å². The number of aromatic carboxylic acids is 1. The zero-order chi connectivity index (χ0) is 17.7. The van der Waals surface area contributed by atoms with Gasteiger partial charge in [0.05, 0.1) is 6.54 Å². The molecule has 1 heterocycles. The number of aromatic nitrogens is 1. The molecule has 8 nitrogen and oxygen atoms in total. The van der Waals surface area contributed by atoms with Gasteiger partial charge in [0.2, 0.25) is 15.9 Å². The van der Waals surface area contributed by atoms with Gasteiger partial charge in [0.15, 0.2) is 5.69 Å². The van der Waals surface area contributed by atoms with E-state index in [4.69, 9.17) is 5.11 Å². The molecule has 0 bridgehead atoms. The van der Waals surface area contributed by atoms with Gasteiger partial charge < -0.3 is 10.4 Å². The lowest BCUT2D eigenvalue weighted by Gasteiger charge is -2.26. The van der Waals surface area contributed by atoms with Crippen LogP contribution in [-0.4, -0.2) is 42.2 Å². The smallest absolute Gasteiger partial charge is 0.355 e. The maximum absolute atomic E-state index is 12.0. The molecule has 134 valence electrons. The Labute approximate surface area is 144 Å². The van der Waals surface area contributed by atoms with Crippen molar-refractivity contribution in [3.8, 4) is 0 Å². The SMILES string of the molecule is CC1CCC(NS(=O)(=O)CC(=O)NCc2nc(C(=O)O)cs2)CC1. The minimum Gasteiger partial charge on any atom is -0.476 e. The third-order valence-electron chi connectivity index (χ3n) is 3.89. The summed E-state index contributed by atoms with van der Waals surface area (Å²) in [6.45, 7) is 2.15. The summed E-state index contributed by atoms with van der Waals surface area (Å²) >= 11 is 1.09. The molecule has 24 heavy (non-hydrogen) atoms. The van der Waals surface area contributed by atoms with Gasteiger partial charge in [-0.15, -0.1) is 11.3 Å². The summed E-state index contributed by atoms with van der Waals surface area (Å²) in [6.07, 6.45) is 3.54. The summed E-state index contributed by atoms with van der Waals surface area (Å²) in [6, 6.07) is -0.101. The number of rotatable bonds is 7. The van der Waals surface area contributed by atoms with Crippen molar-refractivity contribution >= 4 is 33.2 Å². The molecule has 1 aromatic rings. The Hall–Kier alpha value is -1.52. The number of hydrogen-bond donors (Lipinski definition) is 3. The summed E-state index contributed by atoms with van der Waals surface area (Å²) in [7, 11) is -3.68. The van der Waals surface area contributed by atoms with Gasteiger partial charge >= 0.3 is 5.97 Å². The fourth-order valence-electron chi connectivity index (χ4n) is 2.56. The van der Waals surface area contributed by atoms with Crippen LogP contribution in [0.15, 0.2) is 5.38 Å². The second-order valence-corrected chi connectivity index (χ2v) is 8.74. The number of carbonyl (C=O) groups excluding carboxylic acids is 1. The first kappa shape index (κ1) is 18.8. The summed E-state index contributed by atoms with van der Waals surface area (Å²) in [4.78, 5) is 26.3. The molecule has 1 fully saturated rings. The Morgan fingerprint density at radius 3 is 2.58 bits per heavy atom. The normalized spacial score (nSPS) is 21.4. The van der Waals surface area contributed by atoms with Crippen molar-refractivity contribution in [3.63, 3.8) is 0 Å². The van der Waals surface area contributed by atoms with Crippen molar-refractivity contribution in [1.29, 1.82) is 0 Å². The second kappa shape index (κ2) is 8.04. The fourth-order valence-corrected chi connectivity index (χ4v) is 4.54. The van der Waals surface area contributed by atoms with Crippen LogP contribution in [0.4, 0.5) is 0 Å². The molecule has 0 radical (unpaired) electrons. The Kier molecular flexibility index (Phi) is 6.30. The van der Waals surface area contributed by atoms with Gasteiger partial charge in [-0.05, 0) is 31.6 Å². The van der Waals surface area contributed by atoms with Crippen molar-refractivity contribution in [2.24, 2.45) is 5.92 Å². The zero-order valence-electron chi connectivity index (χ0n) is 13.3. The lowest BCUT2D eigenvalue weighted by Crippen LogP contribution is -2.42. The number of hydrogen-bond acceptors (Lipinski definition) is 6. The van der Waals surface area contributed by atoms with Crippen LogP contribution in [0.5, 0.6) is 0 Å². The first-order chi connectivity index (χ1) is 11.2. The molecule has 0 atom stereocenters. The third kappa shape index (κ3) is 5.84. The molecule has 3 N–H and O–H groups in total. The van der Waals surface area contributed by atoms with Gasteiger partial charge in [0, 0.05) is 11.4 Å². The van der Waals surface area contributed by atoms with Crippen LogP contribution in [0.2, 0.25) is 0 Å². The summed E-state index contributed by atoms with van der Waals surface area (Å²) in [5.41, 5.74) is -0.0925. The molecule has 1 aliphatic carbocycles. The van der Waals surface area contributed by atoms with Crippen molar-refractivity contribution in [1.82, 2.24) is 15.0 Å². The number of carbonyl (C=O) groups is 2. The lowest BCUT2D eigenvalue weighted by molar-refractivity contribution is -0.118. The maximum atomic E-state index is 12.0. The predicted molar refractivity (Wildman–Crippen MR) is 89.3 cm³/mol. The van der Waals surface area contributed by atoms with Crippen LogP contribution in [0.25, 0.3) is 0 Å². The van der Waals surface area contributed by atoms with E-state index in [0.29, 0.717) is 10.9 Å². The van der Waals surface area contributed by atoms with E-state index in [1.807, 2.05) is 0 Å².